The highest BCUT2D eigenvalue weighted by atomic mass is 127. The van der Waals surface area contributed by atoms with Crippen molar-refractivity contribution in [1.29, 1.82) is 0 Å². The molecule has 0 aromatic rings. The van der Waals surface area contributed by atoms with E-state index < -0.39 is 0 Å². The third-order valence-corrected chi connectivity index (χ3v) is 3.26. The van der Waals surface area contributed by atoms with Gasteiger partial charge < -0.3 is 0 Å². The minimum absolute atomic E-state index is 0.796. The number of halogens is 1. The SMILES string of the molecule is C=CCC(CC=C)CCCCCCI. The summed E-state index contributed by atoms with van der Waals surface area (Å²) in [6.07, 6.45) is 13.3. The van der Waals surface area contributed by atoms with Gasteiger partial charge in [0.15, 0.2) is 0 Å². The Labute approximate surface area is 103 Å². The molecule has 0 unspecified atom stereocenters. The van der Waals surface area contributed by atoms with Crippen molar-refractivity contribution < 1.29 is 0 Å². The molecule has 0 aromatic heterocycles. The van der Waals surface area contributed by atoms with Crippen LogP contribution in [0.3, 0.4) is 0 Å². The van der Waals surface area contributed by atoms with Crippen molar-refractivity contribution in [3.8, 4) is 0 Å². The number of hydrogen-bond acceptors (Lipinski definition) is 0. The Hall–Kier alpha value is 0.210. The van der Waals surface area contributed by atoms with Crippen LogP contribution in [0.4, 0.5) is 0 Å². The third-order valence-electron chi connectivity index (χ3n) is 2.50. The standard InChI is InChI=1S/C13H23I/c1-3-9-13(10-4-2)11-7-5-6-8-12-14/h3-4,13H,1-2,5-12H2. The van der Waals surface area contributed by atoms with Gasteiger partial charge in [0.2, 0.25) is 0 Å². The van der Waals surface area contributed by atoms with E-state index in [1.807, 2.05) is 12.2 Å². The molecule has 0 atom stereocenters. The highest BCUT2D eigenvalue weighted by molar-refractivity contribution is 14.1. The smallest absolute Gasteiger partial charge is 0.000473 e. The van der Waals surface area contributed by atoms with Crippen molar-refractivity contribution in [2.75, 3.05) is 4.43 Å². The molecule has 0 fully saturated rings. The van der Waals surface area contributed by atoms with E-state index in [4.69, 9.17) is 0 Å². The van der Waals surface area contributed by atoms with E-state index >= 15 is 0 Å². The molecule has 0 rings (SSSR count). The maximum Gasteiger partial charge on any atom is -0.000473 e. The summed E-state index contributed by atoms with van der Waals surface area (Å²) in [5.41, 5.74) is 0. The van der Waals surface area contributed by atoms with Crippen LogP contribution >= 0.6 is 22.6 Å². The molecular formula is C13H23I. The van der Waals surface area contributed by atoms with Crippen molar-refractivity contribution in [2.24, 2.45) is 5.92 Å². The van der Waals surface area contributed by atoms with Crippen LogP contribution in [0.15, 0.2) is 25.3 Å². The Morgan fingerprint density at radius 2 is 1.50 bits per heavy atom. The number of hydrogen-bond donors (Lipinski definition) is 0. The summed E-state index contributed by atoms with van der Waals surface area (Å²) in [6.45, 7) is 7.61. The van der Waals surface area contributed by atoms with E-state index in [2.05, 4.69) is 35.7 Å². The zero-order valence-electron chi connectivity index (χ0n) is 9.18. The quantitative estimate of drug-likeness (QED) is 0.227. The van der Waals surface area contributed by atoms with Crippen LogP contribution in [0, 0.1) is 5.92 Å². The van der Waals surface area contributed by atoms with Gasteiger partial charge in [0.05, 0.1) is 0 Å². The second kappa shape index (κ2) is 11.3. The average Bonchev–Trinajstić information content (AvgIpc) is 2.18. The molecule has 0 radical (unpaired) electrons. The number of allylic oxidation sites excluding steroid dienone is 2. The molecule has 0 nitrogen and oxygen atoms in total. The molecule has 0 bridgehead atoms. The summed E-state index contributed by atoms with van der Waals surface area (Å²) in [5.74, 6) is 0.796. The van der Waals surface area contributed by atoms with E-state index in [1.54, 1.807) is 0 Å². The van der Waals surface area contributed by atoms with Crippen molar-refractivity contribution in [2.45, 2.75) is 44.9 Å². The Balaban J connectivity index is 3.39. The Morgan fingerprint density at radius 1 is 0.929 bits per heavy atom. The van der Waals surface area contributed by atoms with Crippen LogP contribution in [-0.4, -0.2) is 4.43 Å². The minimum Gasteiger partial charge on any atom is -0.103 e. The molecule has 0 spiro atoms. The van der Waals surface area contributed by atoms with E-state index in [-0.39, 0.29) is 0 Å². The lowest BCUT2D eigenvalue weighted by Crippen LogP contribution is -1.97. The average molecular weight is 306 g/mol. The van der Waals surface area contributed by atoms with Gasteiger partial charge in [-0.2, -0.15) is 0 Å². The zero-order chi connectivity index (χ0) is 10.6. The van der Waals surface area contributed by atoms with Gasteiger partial charge in [-0.1, -0.05) is 54.0 Å². The monoisotopic (exact) mass is 306 g/mol. The normalized spacial score (nSPS) is 10.4. The lowest BCUT2D eigenvalue weighted by Gasteiger charge is -2.11. The van der Waals surface area contributed by atoms with Crippen molar-refractivity contribution in [3.63, 3.8) is 0 Å². The molecule has 0 aliphatic heterocycles. The van der Waals surface area contributed by atoms with Gasteiger partial charge >= 0.3 is 0 Å². The van der Waals surface area contributed by atoms with Gasteiger partial charge in [-0.3, -0.25) is 0 Å². The fourth-order valence-electron chi connectivity index (χ4n) is 1.68. The predicted octanol–water partition coefficient (Wildman–Crippen LogP) is 5.14. The summed E-state index contributed by atoms with van der Waals surface area (Å²) >= 11 is 2.45. The fourth-order valence-corrected chi connectivity index (χ4v) is 2.22. The molecule has 1 heteroatoms. The van der Waals surface area contributed by atoms with E-state index in [1.165, 1.54) is 36.5 Å². The molecule has 0 saturated heterocycles. The summed E-state index contributed by atoms with van der Waals surface area (Å²) in [6, 6.07) is 0. The summed E-state index contributed by atoms with van der Waals surface area (Å²) in [4.78, 5) is 0. The predicted molar refractivity (Wildman–Crippen MR) is 75.1 cm³/mol. The number of unbranched alkanes of at least 4 members (excludes halogenated alkanes) is 3. The van der Waals surface area contributed by atoms with Crippen LogP contribution in [0.1, 0.15) is 44.9 Å². The number of alkyl halides is 1. The first-order valence-electron chi connectivity index (χ1n) is 5.62. The van der Waals surface area contributed by atoms with Crippen LogP contribution < -0.4 is 0 Å². The van der Waals surface area contributed by atoms with E-state index in [0.717, 1.165) is 18.8 Å². The molecule has 0 aliphatic rings. The van der Waals surface area contributed by atoms with Gasteiger partial charge in [-0.15, -0.1) is 13.2 Å². The second-order valence-electron chi connectivity index (χ2n) is 3.81. The van der Waals surface area contributed by atoms with Gasteiger partial charge in [0.25, 0.3) is 0 Å². The van der Waals surface area contributed by atoms with Crippen LogP contribution in [0.2, 0.25) is 0 Å². The van der Waals surface area contributed by atoms with Crippen molar-refractivity contribution >= 4 is 22.6 Å². The molecule has 0 heterocycles. The Kier molecular flexibility index (Phi) is 11.5. The maximum absolute atomic E-state index is 3.81. The minimum atomic E-state index is 0.796. The molecule has 0 aromatic carbocycles. The van der Waals surface area contributed by atoms with E-state index in [9.17, 15) is 0 Å². The summed E-state index contributed by atoms with van der Waals surface area (Å²) in [7, 11) is 0. The highest BCUT2D eigenvalue weighted by Gasteiger charge is 2.03. The van der Waals surface area contributed by atoms with Crippen molar-refractivity contribution in [3.05, 3.63) is 25.3 Å². The third kappa shape index (κ3) is 8.79. The molecule has 0 N–H and O–H groups in total. The van der Waals surface area contributed by atoms with Gasteiger partial charge in [-0.05, 0) is 36.0 Å². The van der Waals surface area contributed by atoms with Crippen LogP contribution in [0.25, 0.3) is 0 Å². The van der Waals surface area contributed by atoms with Gasteiger partial charge in [0, 0.05) is 0 Å². The number of rotatable bonds is 10. The van der Waals surface area contributed by atoms with E-state index in [0.29, 0.717) is 0 Å². The topological polar surface area (TPSA) is 0 Å². The lowest BCUT2D eigenvalue weighted by atomic mass is 9.94. The zero-order valence-corrected chi connectivity index (χ0v) is 11.3. The molecule has 0 amide bonds. The largest absolute Gasteiger partial charge is 0.103 e. The molecule has 0 aliphatic carbocycles. The highest BCUT2D eigenvalue weighted by Crippen LogP contribution is 2.18. The van der Waals surface area contributed by atoms with Crippen LogP contribution in [0.5, 0.6) is 0 Å². The Morgan fingerprint density at radius 3 is 2.00 bits per heavy atom. The molecular weight excluding hydrogens is 283 g/mol. The van der Waals surface area contributed by atoms with Crippen LogP contribution in [-0.2, 0) is 0 Å². The lowest BCUT2D eigenvalue weighted by molar-refractivity contribution is 0.463. The molecule has 0 saturated carbocycles. The maximum atomic E-state index is 3.81. The summed E-state index contributed by atoms with van der Waals surface area (Å²) < 4.78 is 1.31. The summed E-state index contributed by atoms with van der Waals surface area (Å²) in [5, 5.41) is 0. The first-order chi connectivity index (χ1) is 6.85. The molecule has 14 heavy (non-hydrogen) atoms. The fraction of sp³-hybridized carbons (Fsp3) is 0.692. The first-order valence-corrected chi connectivity index (χ1v) is 7.15. The van der Waals surface area contributed by atoms with Gasteiger partial charge in [0.1, 0.15) is 0 Å². The van der Waals surface area contributed by atoms with Gasteiger partial charge in [-0.25, -0.2) is 0 Å². The first kappa shape index (κ1) is 14.2. The molecule has 82 valence electrons. The Bertz CT molecular complexity index is 130. The second-order valence-corrected chi connectivity index (χ2v) is 4.89. The van der Waals surface area contributed by atoms with Crippen molar-refractivity contribution in [1.82, 2.24) is 0 Å².